The molecule has 2 heterocycles. The minimum absolute atomic E-state index is 0.0772. The highest BCUT2D eigenvalue weighted by Gasteiger charge is 2.52. The first-order chi connectivity index (χ1) is 20.5. The summed E-state index contributed by atoms with van der Waals surface area (Å²) in [5.74, 6) is -0.548. The molecular formula is C29H53NO14. The minimum Gasteiger partial charge on any atom is -0.463 e. The topological polar surface area (TPSA) is 212 Å². The Bertz CT molecular complexity index is 865. The Labute approximate surface area is 259 Å². The van der Waals surface area contributed by atoms with E-state index in [0.717, 1.165) is 0 Å². The number of amides is 1. The number of nitrogens with one attached hydrogen (secondary N) is 1. The average Bonchev–Trinajstić information content (AvgIpc) is 2.91. The third-order valence-corrected chi connectivity index (χ3v) is 6.72. The normalized spacial score (nSPS) is 33.0. The molecule has 2 aliphatic heterocycles. The van der Waals surface area contributed by atoms with E-state index in [-0.39, 0.29) is 25.2 Å². The van der Waals surface area contributed by atoms with E-state index in [1.165, 1.54) is 0 Å². The summed E-state index contributed by atoms with van der Waals surface area (Å²) < 4.78 is 39.1. The molecule has 1 amide bonds. The Kier molecular flexibility index (Phi) is 15.7. The lowest BCUT2D eigenvalue weighted by atomic mass is 9.96. The Morgan fingerprint density at radius 3 is 1.98 bits per heavy atom. The number of hydrogen-bond acceptors (Lipinski definition) is 14. The molecule has 0 aromatic heterocycles. The van der Waals surface area contributed by atoms with Gasteiger partial charge >= 0.3 is 12.1 Å². The fraction of sp³-hybridized carbons (Fsp3) is 0.931. The number of rotatable bonds is 15. The van der Waals surface area contributed by atoms with Crippen LogP contribution in [-0.4, -0.2) is 137 Å². The van der Waals surface area contributed by atoms with Gasteiger partial charge < -0.3 is 64.0 Å². The van der Waals surface area contributed by atoms with E-state index in [9.17, 15) is 35.1 Å². The number of carbonyl (C=O) groups is 2. The van der Waals surface area contributed by atoms with Crippen LogP contribution in [-0.2, 0) is 38.0 Å². The Balaban J connectivity index is 1.98. The number of aliphatic hydroxyl groups excluding tert-OH is 5. The Hall–Kier alpha value is -1.66. The lowest BCUT2D eigenvalue weighted by Gasteiger charge is -2.47. The maximum absolute atomic E-state index is 12.5. The van der Waals surface area contributed by atoms with E-state index in [1.807, 2.05) is 0 Å². The molecule has 0 spiro atoms. The van der Waals surface area contributed by atoms with Crippen LogP contribution >= 0.6 is 0 Å². The van der Waals surface area contributed by atoms with Gasteiger partial charge in [0.05, 0.1) is 18.8 Å². The van der Waals surface area contributed by atoms with Crippen molar-refractivity contribution in [2.24, 2.45) is 0 Å². The highest BCUT2D eigenvalue weighted by atomic mass is 16.7. The van der Waals surface area contributed by atoms with Crippen molar-refractivity contribution in [1.82, 2.24) is 5.32 Å². The van der Waals surface area contributed by atoms with E-state index in [2.05, 4.69) is 5.32 Å². The van der Waals surface area contributed by atoms with Crippen molar-refractivity contribution < 1.29 is 68.3 Å². The van der Waals surface area contributed by atoms with Gasteiger partial charge in [0.1, 0.15) is 61.0 Å². The molecule has 44 heavy (non-hydrogen) atoms. The second-order valence-electron chi connectivity index (χ2n) is 12.6. The summed E-state index contributed by atoms with van der Waals surface area (Å²) >= 11 is 0. The zero-order valence-corrected chi connectivity index (χ0v) is 26.8. The van der Waals surface area contributed by atoms with Gasteiger partial charge in [-0.1, -0.05) is 6.42 Å². The largest absolute Gasteiger partial charge is 0.463 e. The quantitative estimate of drug-likeness (QED) is 0.104. The number of hydrogen-bond donors (Lipinski definition) is 6. The molecule has 0 radical (unpaired) electrons. The number of carbonyl (C=O) groups excluding carboxylic acids is 2. The van der Waals surface area contributed by atoms with Crippen LogP contribution in [0.25, 0.3) is 0 Å². The highest BCUT2D eigenvalue weighted by molar-refractivity contribution is 5.69. The van der Waals surface area contributed by atoms with Gasteiger partial charge in [-0.25, -0.2) is 4.79 Å². The van der Waals surface area contributed by atoms with Gasteiger partial charge in [0.15, 0.2) is 12.6 Å². The third kappa shape index (κ3) is 12.3. The molecule has 0 bridgehead atoms. The SMILES string of the molecule is CC(C)OC1OC(COC(=O)CCCCCNC(=O)OC(C)(C)C)C(OC2OC(CO)C(OC(C)C)C(O)C2O)C(O)C1O. The van der Waals surface area contributed by atoms with Crippen molar-refractivity contribution in [3.05, 3.63) is 0 Å². The van der Waals surface area contributed by atoms with E-state index in [1.54, 1.807) is 48.5 Å². The molecule has 2 rings (SSSR count). The molecule has 10 unspecified atom stereocenters. The smallest absolute Gasteiger partial charge is 0.407 e. The van der Waals surface area contributed by atoms with Crippen molar-refractivity contribution in [3.63, 3.8) is 0 Å². The van der Waals surface area contributed by atoms with E-state index < -0.39 is 85.7 Å². The summed E-state index contributed by atoms with van der Waals surface area (Å²) in [7, 11) is 0. The first kappa shape index (κ1) is 38.5. The fourth-order valence-corrected chi connectivity index (χ4v) is 4.71. The molecule has 15 heteroatoms. The second kappa shape index (κ2) is 17.9. The lowest BCUT2D eigenvalue weighted by Crippen LogP contribution is -2.65. The molecule has 2 saturated heterocycles. The third-order valence-electron chi connectivity index (χ3n) is 6.72. The molecule has 0 aromatic carbocycles. The van der Waals surface area contributed by atoms with E-state index in [0.29, 0.717) is 25.8 Å². The number of ether oxygens (including phenoxy) is 7. The summed E-state index contributed by atoms with van der Waals surface area (Å²) in [6.45, 7) is 11.6. The summed E-state index contributed by atoms with van der Waals surface area (Å²) in [5, 5.41) is 55.6. The summed E-state index contributed by atoms with van der Waals surface area (Å²) in [6, 6.07) is 0. The molecular weight excluding hydrogens is 586 g/mol. The van der Waals surface area contributed by atoms with Gasteiger partial charge in [0.2, 0.25) is 0 Å². The van der Waals surface area contributed by atoms with Crippen LogP contribution in [0.4, 0.5) is 4.79 Å². The minimum atomic E-state index is -1.65. The molecule has 0 aromatic rings. The maximum atomic E-state index is 12.5. The van der Waals surface area contributed by atoms with Crippen LogP contribution in [0.5, 0.6) is 0 Å². The molecule has 15 nitrogen and oxygen atoms in total. The monoisotopic (exact) mass is 639 g/mol. The summed E-state index contributed by atoms with van der Waals surface area (Å²) in [6.07, 6.45) is -13.3. The van der Waals surface area contributed by atoms with Gasteiger partial charge in [0, 0.05) is 13.0 Å². The number of aliphatic hydroxyl groups is 5. The zero-order valence-electron chi connectivity index (χ0n) is 26.8. The zero-order chi connectivity index (χ0) is 33.2. The van der Waals surface area contributed by atoms with Gasteiger partial charge in [-0.3, -0.25) is 4.79 Å². The second-order valence-corrected chi connectivity index (χ2v) is 12.6. The predicted octanol–water partition coefficient (Wildman–Crippen LogP) is 0.104. The molecule has 0 saturated carbocycles. The Morgan fingerprint density at radius 2 is 1.39 bits per heavy atom. The van der Waals surface area contributed by atoms with Crippen LogP contribution in [0.2, 0.25) is 0 Å². The van der Waals surface area contributed by atoms with Crippen molar-refractivity contribution in [2.45, 2.75) is 153 Å². The molecule has 2 fully saturated rings. The standard InChI is InChI=1S/C29H53NO14/c1-15(2)39-24-17(13-31)41-27(23(36)20(24)33)43-25-18(42-26(40-16(3)4)22(35)21(25)34)14-38-19(32)11-9-8-10-12-30-28(37)44-29(5,6)7/h15-18,20-27,31,33-36H,8-14H2,1-7H3,(H,30,37). The predicted molar refractivity (Wildman–Crippen MR) is 153 cm³/mol. The number of unbranched alkanes of at least 4 members (excludes halogenated alkanes) is 2. The van der Waals surface area contributed by atoms with E-state index in [4.69, 9.17) is 33.2 Å². The molecule has 2 aliphatic rings. The summed E-state index contributed by atoms with van der Waals surface area (Å²) in [4.78, 5) is 24.2. The average molecular weight is 640 g/mol. The van der Waals surface area contributed by atoms with Crippen molar-refractivity contribution >= 4 is 12.1 Å². The fourth-order valence-electron chi connectivity index (χ4n) is 4.71. The Morgan fingerprint density at radius 1 is 0.795 bits per heavy atom. The van der Waals surface area contributed by atoms with E-state index >= 15 is 0 Å². The highest BCUT2D eigenvalue weighted by Crippen LogP contribution is 2.31. The maximum Gasteiger partial charge on any atom is 0.407 e. The molecule has 258 valence electrons. The van der Waals surface area contributed by atoms with Crippen LogP contribution in [0.3, 0.4) is 0 Å². The van der Waals surface area contributed by atoms with Crippen LogP contribution < -0.4 is 5.32 Å². The van der Waals surface area contributed by atoms with Crippen molar-refractivity contribution in [1.29, 1.82) is 0 Å². The lowest BCUT2D eigenvalue weighted by molar-refractivity contribution is -0.364. The van der Waals surface area contributed by atoms with Gasteiger partial charge in [0.25, 0.3) is 0 Å². The van der Waals surface area contributed by atoms with Crippen LogP contribution in [0.1, 0.15) is 74.1 Å². The van der Waals surface area contributed by atoms with Crippen molar-refractivity contribution in [3.8, 4) is 0 Å². The van der Waals surface area contributed by atoms with Crippen LogP contribution in [0, 0.1) is 0 Å². The van der Waals surface area contributed by atoms with Gasteiger partial charge in [-0.15, -0.1) is 0 Å². The molecule has 6 N–H and O–H groups in total. The summed E-state index contributed by atoms with van der Waals surface area (Å²) in [5.41, 5.74) is -0.590. The van der Waals surface area contributed by atoms with Gasteiger partial charge in [-0.05, 0) is 61.3 Å². The molecule has 0 aliphatic carbocycles. The van der Waals surface area contributed by atoms with Gasteiger partial charge in [-0.2, -0.15) is 0 Å². The number of esters is 1. The number of alkyl carbamates (subject to hydrolysis) is 1. The first-order valence-corrected chi connectivity index (χ1v) is 15.3. The van der Waals surface area contributed by atoms with Crippen LogP contribution in [0.15, 0.2) is 0 Å². The first-order valence-electron chi connectivity index (χ1n) is 15.3. The van der Waals surface area contributed by atoms with Crippen molar-refractivity contribution in [2.75, 3.05) is 19.8 Å². The molecule has 10 atom stereocenters.